The number of azo groups is 1. The number of nitrogen functional groups attached to an aromatic ring is 1. The van der Waals surface area contributed by atoms with Crippen LogP contribution < -0.4 is 38.0 Å². The number of phenolic OH excluding ortho intramolecular Hbond substituents is 1. The zero-order chi connectivity index (χ0) is 57.5. The number of nitrogens with two attached hydrogens (primary N) is 1. The summed E-state index contributed by atoms with van der Waals surface area (Å²) in [6.07, 6.45) is 1.41. The molecule has 80 heavy (non-hydrogen) atoms. The maximum absolute atomic E-state index is 12.9. The normalized spacial score (nSPS) is 19.9. The van der Waals surface area contributed by atoms with Gasteiger partial charge in [0.05, 0.1) is 77.2 Å². The summed E-state index contributed by atoms with van der Waals surface area (Å²) >= 11 is 1.88. The highest BCUT2D eigenvalue weighted by Crippen LogP contribution is 2.45. The van der Waals surface area contributed by atoms with Crippen molar-refractivity contribution in [2.45, 2.75) is 93.6 Å². The predicted octanol–water partition coefficient (Wildman–Crippen LogP) is 2.14. The number of anilines is 1. The van der Waals surface area contributed by atoms with Gasteiger partial charge in [-0.25, -0.2) is 18.7 Å². The van der Waals surface area contributed by atoms with E-state index in [0.717, 1.165) is 35.1 Å². The number of phosphoric ester groups is 2. The number of hydrogen-bond acceptors (Lipinski definition) is 20. The van der Waals surface area contributed by atoms with E-state index in [1.54, 1.807) is 36.4 Å². The van der Waals surface area contributed by atoms with Crippen LogP contribution in [0, 0.1) is 0 Å². The SMILES string of the molecule is Nc1nc(=O)n([C@H]2CC(OP(=O)(O)O)[C@@H](COP(=O)(O)O)O2)cc1CCCNC(=O)c1ccc(/N=N/c2cc(CCNC(=O)CCOCCOCCOCCOCCNC(=O)CCCC[C@@H]3SC[C@@H]4NC(=O)N[C@@H]43)ccc2O)cc1. The first-order chi connectivity index (χ1) is 38.3. The quantitative estimate of drug-likeness (QED) is 0.0172. The third kappa shape index (κ3) is 22.5. The van der Waals surface area contributed by atoms with Gasteiger partial charge in [0.2, 0.25) is 11.8 Å². The smallest absolute Gasteiger partial charge is 0.469 e. The molecule has 0 aliphatic carbocycles. The number of rotatable bonds is 36. The fourth-order valence-electron chi connectivity index (χ4n) is 8.56. The first-order valence-corrected chi connectivity index (χ1v) is 30.0. The van der Waals surface area contributed by atoms with Crippen LogP contribution in [0.2, 0.25) is 0 Å². The molecule has 1 unspecified atom stereocenters. The lowest BCUT2D eigenvalue weighted by atomic mass is 10.0. The van der Waals surface area contributed by atoms with Crippen LogP contribution in [0.1, 0.15) is 72.7 Å². The lowest BCUT2D eigenvalue weighted by molar-refractivity contribution is -0.122. The molecule has 32 heteroatoms. The molecule has 12 N–H and O–H groups in total. The monoisotopic (exact) mass is 1180 g/mol. The summed E-state index contributed by atoms with van der Waals surface area (Å²) < 4.78 is 60.6. The van der Waals surface area contributed by atoms with E-state index in [2.05, 4.69) is 46.3 Å². The molecule has 0 saturated carbocycles. The minimum absolute atomic E-state index is 0.00156. The van der Waals surface area contributed by atoms with Crippen molar-refractivity contribution in [3.8, 4) is 5.75 Å². The number of aryl methyl sites for hydroxylation is 1. The molecular formula is C48H70N10O19P2S. The summed E-state index contributed by atoms with van der Waals surface area (Å²) in [7, 11) is -10.1. The minimum Gasteiger partial charge on any atom is -0.506 e. The number of carbonyl (C=O) groups excluding carboxylic acids is 4. The van der Waals surface area contributed by atoms with Crippen LogP contribution in [0.25, 0.3) is 0 Å². The summed E-state index contributed by atoms with van der Waals surface area (Å²) in [4.78, 5) is 102. The van der Waals surface area contributed by atoms with E-state index >= 15 is 0 Å². The predicted molar refractivity (Wildman–Crippen MR) is 287 cm³/mol. The van der Waals surface area contributed by atoms with Crippen molar-refractivity contribution < 1.29 is 85.7 Å². The number of thioether (sulfide) groups is 1. The average Bonchev–Trinajstić information content (AvgIpc) is 4.18. The number of unbranched alkanes of at least 4 members (excludes halogenated alkanes) is 1. The Bertz CT molecular complexity index is 2700. The lowest BCUT2D eigenvalue weighted by Gasteiger charge is -2.19. The Labute approximate surface area is 464 Å². The third-order valence-electron chi connectivity index (χ3n) is 12.6. The number of phenols is 1. The number of benzene rings is 2. The highest BCUT2D eigenvalue weighted by atomic mass is 32.2. The molecule has 0 radical (unpaired) electrons. The van der Waals surface area contributed by atoms with Gasteiger partial charge >= 0.3 is 27.4 Å². The minimum atomic E-state index is -5.08. The average molecular weight is 1190 g/mol. The van der Waals surface area contributed by atoms with Crippen molar-refractivity contribution in [3.63, 3.8) is 0 Å². The molecule has 442 valence electrons. The van der Waals surface area contributed by atoms with E-state index in [0.29, 0.717) is 101 Å². The van der Waals surface area contributed by atoms with E-state index in [9.17, 15) is 48.0 Å². The lowest BCUT2D eigenvalue weighted by Crippen LogP contribution is -2.36. The number of aromatic hydroxyl groups is 1. The fourth-order valence-corrected chi connectivity index (χ4v) is 11.0. The largest absolute Gasteiger partial charge is 0.506 e. The van der Waals surface area contributed by atoms with Crippen LogP contribution in [0.5, 0.6) is 5.75 Å². The zero-order valence-corrected chi connectivity index (χ0v) is 46.4. The molecule has 29 nitrogen and oxygen atoms in total. The Kier molecular flexibility index (Phi) is 25.7. The third-order valence-corrected chi connectivity index (χ3v) is 15.1. The molecule has 5 amide bonds. The number of phosphoric acid groups is 2. The number of carbonyl (C=O) groups is 4. The zero-order valence-electron chi connectivity index (χ0n) is 43.8. The molecule has 6 rings (SSSR count). The Morgan fingerprint density at radius 1 is 0.800 bits per heavy atom. The number of nitrogens with zero attached hydrogens (tertiary/aromatic N) is 4. The molecule has 4 heterocycles. The van der Waals surface area contributed by atoms with Crippen molar-refractivity contribution in [1.29, 1.82) is 0 Å². The van der Waals surface area contributed by atoms with Gasteiger partial charge in [0, 0.05) is 67.2 Å². The van der Waals surface area contributed by atoms with Crippen LogP contribution in [0.4, 0.5) is 22.0 Å². The Morgan fingerprint density at radius 2 is 1.49 bits per heavy atom. The maximum atomic E-state index is 12.9. The Morgan fingerprint density at radius 3 is 2.20 bits per heavy atom. The molecule has 0 spiro atoms. The summed E-state index contributed by atoms with van der Waals surface area (Å²) in [5.74, 6) is 0.144. The molecular weight excluding hydrogens is 1110 g/mol. The van der Waals surface area contributed by atoms with Gasteiger partial charge in [-0.1, -0.05) is 12.5 Å². The molecule has 3 aromatic rings. The summed E-state index contributed by atoms with van der Waals surface area (Å²) in [6.45, 7) is 2.95. The van der Waals surface area contributed by atoms with Crippen molar-refractivity contribution in [2.24, 2.45) is 10.2 Å². The molecule has 1 aromatic heterocycles. The topological polar surface area (TPSA) is 414 Å². The standard InChI is InChI=1S/C48H70N10O19P2S/c49-45-33(28-58(48(64)55-45)43-27-38(77-79(68,69)70)39(76-43)29-75-78(65,66)67)4-3-15-52-46(62)32-8-10-34(11-9-32)56-57-35-26-31(7-12-37(35)59)13-16-50-42(61)14-18-71-20-22-73-24-25-74-23-21-72-19-17-51-41(60)6-2-1-5-40-44-36(30-80-40)53-47(63)54-44/h7-12,26,28,36,38-40,43-44,59H,1-6,13-25,27,29-30H2,(H,50,61)(H,51,60)(H,52,62)(H2,49,55,64)(H2,53,54,63)(H2,65,66,67)(H2,68,69,70)/b57-56+/t36-,38?,39+,40-,43+,44-/m0/s1. The maximum Gasteiger partial charge on any atom is 0.469 e. The highest BCUT2D eigenvalue weighted by Gasteiger charge is 2.43. The number of amides is 5. The number of hydrogen-bond donors (Lipinski definition) is 11. The number of nitrogens with one attached hydrogen (secondary N) is 5. The first-order valence-electron chi connectivity index (χ1n) is 25.9. The van der Waals surface area contributed by atoms with Gasteiger partial charge in [-0.05, 0) is 74.1 Å². The van der Waals surface area contributed by atoms with E-state index in [1.165, 1.54) is 12.3 Å². The molecule has 3 aliphatic rings. The van der Waals surface area contributed by atoms with Gasteiger partial charge in [0.1, 0.15) is 35.7 Å². The van der Waals surface area contributed by atoms with Crippen molar-refractivity contribution in [3.05, 3.63) is 75.8 Å². The van der Waals surface area contributed by atoms with Gasteiger partial charge in [0.15, 0.2) is 0 Å². The van der Waals surface area contributed by atoms with Gasteiger partial charge in [-0.2, -0.15) is 21.9 Å². The number of urea groups is 1. The number of aromatic nitrogens is 2. The highest BCUT2D eigenvalue weighted by molar-refractivity contribution is 8.00. The molecule has 3 fully saturated rings. The van der Waals surface area contributed by atoms with Crippen LogP contribution in [-0.4, -0.2) is 172 Å². The summed E-state index contributed by atoms with van der Waals surface area (Å²) in [5, 5.41) is 33.6. The number of ether oxygens (including phenoxy) is 5. The summed E-state index contributed by atoms with van der Waals surface area (Å²) in [5.41, 5.74) is 7.22. The van der Waals surface area contributed by atoms with Crippen LogP contribution in [-0.2, 0) is 64.3 Å². The van der Waals surface area contributed by atoms with E-state index < -0.39 is 52.3 Å². The van der Waals surface area contributed by atoms with Crippen LogP contribution in [0.3, 0.4) is 0 Å². The second kappa shape index (κ2) is 32.3. The van der Waals surface area contributed by atoms with E-state index in [-0.39, 0.29) is 79.6 Å². The van der Waals surface area contributed by atoms with Gasteiger partial charge in [-0.15, -0.1) is 5.11 Å². The fraction of sp³-hybridized carbons (Fsp3) is 0.583. The van der Waals surface area contributed by atoms with Crippen LogP contribution in [0.15, 0.2) is 63.7 Å². The van der Waals surface area contributed by atoms with Gasteiger partial charge < -0.3 is 80.7 Å². The van der Waals surface area contributed by atoms with E-state index in [4.69, 9.17) is 43.7 Å². The van der Waals surface area contributed by atoms with Crippen LogP contribution >= 0.6 is 27.4 Å². The van der Waals surface area contributed by atoms with Gasteiger partial charge in [0.25, 0.3) is 5.91 Å². The molecule has 3 aliphatic heterocycles. The van der Waals surface area contributed by atoms with E-state index in [1.807, 2.05) is 11.8 Å². The molecule has 6 atom stereocenters. The van der Waals surface area contributed by atoms with Crippen molar-refractivity contribution >= 4 is 68.4 Å². The van der Waals surface area contributed by atoms with Crippen molar-refractivity contribution in [2.75, 3.05) is 90.6 Å². The molecule has 2 aromatic carbocycles. The molecule has 0 bridgehead atoms. The Balaban J connectivity index is 0.766. The van der Waals surface area contributed by atoms with Gasteiger partial charge in [-0.3, -0.25) is 28.0 Å². The Hall–Kier alpha value is -5.43. The molecule has 3 saturated heterocycles. The van der Waals surface area contributed by atoms with Crippen molar-refractivity contribution in [1.82, 2.24) is 36.1 Å². The number of fused-ring (bicyclic) bond motifs is 1. The second-order valence-corrected chi connectivity index (χ2v) is 22.3. The summed E-state index contributed by atoms with van der Waals surface area (Å²) in [6, 6.07) is 11.4. The first kappa shape index (κ1) is 63.7. The second-order valence-electron chi connectivity index (χ2n) is 18.6.